The lowest BCUT2D eigenvalue weighted by molar-refractivity contribution is 0.761. The average molecular weight is 348 g/mol. The van der Waals surface area contributed by atoms with Gasteiger partial charge in [0, 0.05) is 12.8 Å². The van der Waals surface area contributed by atoms with Gasteiger partial charge >= 0.3 is 0 Å². The third-order valence-electron chi connectivity index (χ3n) is 3.25. The molecule has 0 unspecified atom stereocenters. The van der Waals surface area contributed by atoms with Crippen LogP contribution in [0.3, 0.4) is 0 Å². The maximum absolute atomic E-state index is 4.32. The molecule has 0 saturated carbocycles. The van der Waals surface area contributed by atoms with Crippen molar-refractivity contribution in [2.75, 3.05) is 0 Å². The summed E-state index contributed by atoms with van der Waals surface area (Å²) in [6.45, 7) is 2.11. The van der Waals surface area contributed by atoms with Crippen molar-refractivity contribution in [3.63, 3.8) is 0 Å². The highest BCUT2D eigenvalue weighted by Gasteiger charge is 2.10. The summed E-state index contributed by atoms with van der Waals surface area (Å²) in [6, 6.07) is 12.9. The lowest BCUT2D eigenvalue weighted by Gasteiger charge is -2.04. The molecule has 6 heteroatoms. The van der Waals surface area contributed by atoms with E-state index in [-0.39, 0.29) is 0 Å². The van der Waals surface area contributed by atoms with Crippen LogP contribution in [0, 0.1) is 6.92 Å². The predicted octanol–water partition coefficient (Wildman–Crippen LogP) is 4.77. The highest BCUT2D eigenvalue weighted by Crippen LogP contribution is 2.28. The Morgan fingerprint density at radius 3 is 2.59 bits per heavy atom. The van der Waals surface area contributed by atoms with Gasteiger partial charge < -0.3 is 4.57 Å². The van der Waals surface area contributed by atoms with Crippen molar-refractivity contribution >= 4 is 34.9 Å². The second kappa shape index (κ2) is 7.35. The summed E-state index contributed by atoms with van der Waals surface area (Å²) in [7, 11) is 2.04. The molecule has 3 rings (SSSR count). The standard InChI is InChI=1S/C16H17N3S3/c1-12-5-7-13(8-6-12)10-22-16-18-17-14(19(16)2)11-21-15-4-3-9-20-15/h3-9H,10-11H2,1-2H3. The smallest absolute Gasteiger partial charge is 0.191 e. The van der Waals surface area contributed by atoms with E-state index < -0.39 is 0 Å². The third kappa shape index (κ3) is 3.94. The average Bonchev–Trinajstić information content (AvgIpc) is 3.15. The van der Waals surface area contributed by atoms with E-state index >= 15 is 0 Å². The molecule has 114 valence electrons. The van der Waals surface area contributed by atoms with Gasteiger partial charge in [0.15, 0.2) is 5.16 Å². The molecule has 0 aliphatic heterocycles. The second-order valence-electron chi connectivity index (χ2n) is 4.95. The molecule has 0 bridgehead atoms. The van der Waals surface area contributed by atoms with Gasteiger partial charge in [-0.1, -0.05) is 47.7 Å². The topological polar surface area (TPSA) is 30.7 Å². The van der Waals surface area contributed by atoms with E-state index in [4.69, 9.17) is 0 Å². The van der Waals surface area contributed by atoms with Crippen molar-refractivity contribution < 1.29 is 0 Å². The van der Waals surface area contributed by atoms with Crippen LogP contribution in [-0.4, -0.2) is 14.8 Å². The Labute approximate surface area is 143 Å². The van der Waals surface area contributed by atoms with Crippen LogP contribution >= 0.6 is 34.9 Å². The van der Waals surface area contributed by atoms with E-state index in [2.05, 4.69) is 63.5 Å². The fraction of sp³-hybridized carbons (Fsp3) is 0.250. The van der Waals surface area contributed by atoms with E-state index in [0.29, 0.717) is 0 Å². The van der Waals surface area contributed by atoms with Crippen molar-refractivity contribution in [3.8, 4) is 0 Å². The summed E-state index contributed by atoms with van der Waals surface area (Å²) < 4.78 is 3.41. The Hall–Kier alpha value is -1.24. The molecule has 0 amide bonds. The van der Waals surface area contributed by atoms with Crippen molar-refractivity contribution in [1.82, 2.24) is 14.8 Å². The molecule has 22 heavy (non-hydrogen) atoms. The van der Waals surface area contributed by atoms with Crippen LogP contribution in [0.1, 0.15) is 17.0 Å². The molecule has 2 heterocycles. The van der Waals surface area contributed by atoms with Crippen molar-refractivity contribution in [2.24, 2.45) is 7.05 Å². The maximum Gasteiger partial charge on any atom is 0.191 e. The number of aryl methyl sites for hydroxylation is 1. The maximum atomic E-state index is 4.32. The van der Waals surface area contributed by atoms with E-state index in [1.54, 1.807) is 23.1 Å². The SMILES string of the molecule is Cc1ccc(CSc2nnc(CSc3cccs3)n2C)cc1. The number of thiophene rings is 1. The number of hydrogen-bond acceptors (Lipinski definition) is 5. The van der Waals surface area contributed by atoms with Crippen LogP contribution in [0.5, 0.6) is 0 Å². The molecule has 0 aliphatic rings. The Morgan fingerprint density at radius 2 is 1.86 bits per heavy atom. The molecule has 0 atom stereocenters. The molecule has 0 radical (unpaired) electrons. The molecule has 1 aromatic carbocycles. The molecule has 0 N–H and O–H groups in total. The molecule has 0 saturated heterocycles. The predicted molar refractivity (Wildman–Crippen MR) is 95.6 cm³/mol. The lowest BCUT2D eigenvalue weighted by atomic mass is 10.2. The summed E-state index contributed by atoms with van der Waals surface area (Å²) >= 11 is 5.31. The van der Waals surface area contributed by atoms with E-state index in [1.165, 1.54) is 15.3 Å². The molecular weight excluding hydrogens is 330 g/mol. The Bertz CT molecular complexity index is 718. The van der Waals surface area contributed by atoms with Crippen molar-refractivity contribution in [3.05, 3.63) is 58.7 Å². The highest BCUT2D eigenvalue weighted by molar-refractivity contribution is 8.00. The summed E-state index contributed by atoms with van der Waals surface area (Å²) in [6.07, 6.45) is 0. The summed E-state index contributed by atoms with van der Waals surface area (Å²) in [5.74, 6) is 2.80. The van der Waals surface area contributed by atoms with Gasteiger partial charge in [-0.25, -0.2) is 0 Å². The van der Waals surface area contributed by atoms with Crippen LogP contribution in [0.2, 0.25) is 0 Å². The minimum Gasteiger partial charge on any atom is -0.308 e. The number of aromatic nitrogens is 3. The van der Waals surface area contributed by atoms with Gasteiger partial charge in [0.05, 0.1) is 9.96 Å². The fourth-order valence-corrected chi connectivity index (χ4v) is 4.56. The van der Waals surface area contributed by atoms with E-state index in [9.17, 15) is 0 Å². The Morgan fingerprint density at radius 1 is 1.05 bits per heavy atom. The first-order valence-corrected chi connectivity index (χ1v) is 9.80. The van der Waals surface area contributed by atoms with Gasteiger partial charge in [0.2, 0.25) is 0 Å². The van der Waals surface area contributed by atoms with Crippen molar-refractivity contribution in [1.29, 1.82) is 0 Å². The van der Waals surface area contributed by atoms with Gasteiger partial charge in [0.25, 0.3) is 0 Å². The normalized spacial score (nSPS) is 11.0. The lowest BCUT2D eigenvalue weighted by Crippen LogP contribution is -1.97. The molecule has 3 aromatic rings. The van der Waals surface area contributed by atoms with Crippen LogP contribution in [-0.2, 0) is 18.6 Å². The fourth-order valence-electron chi connectivity index (χ4n) is 1.91. The number of rotatable bonds is 6. The van der Waals surface area contributed by atoms with Gasteiger partial charge in [-0.15, -0.1) is 33.3 Å². The number of thioether (sulfide) groups is 2. The molecule has 0 aliphatic carbocycles. The van der Waals surface area contributed by atoms with Gasteiger partial charge in [-0.2, -0.15) is 0 Å². The summed E-state index contributed by atoms with van der Waals surface area (Å²) in [5.41, 5.74) is 2.61. The zero-order chi connectivity index (χ0) is 15.4. The second-order valence-corrected chi connectivity index (χ2v) is 8.12. The van der Waals surface area contributed by atoms with E-state index in [0.717, 1.165) is 22.5 Å². The van der Waals surface area contributed by atoms with Crippen LogP contribution in [0.15, 0.2) is 51.1 Å². The number of benzene rings is 1. The van der Waals surface area contributed by atoms with Gasteiger partial charge in [-0.3, -0.25) is 0 Å². The minimum atomic E-state index is 0.856. The zero-order valence-corrected chi connectivity index (χ0v) is 15.0. The highest BCUT2D eigenvalue weighted by atomic mass is 32.2. The first-order chi connectivity index (χ1) is 10.7. The van der Waals surface area contributed by atoms with Crippen LogP contribution in [0.4, 0.5) is 0 Å². The molecule has 0 fully saturated rings. The Kier molecular flexibility index (Phi) is 5.23. The molecule has 3 nitrogen and oxygen atoms in total. The quantitative estimate of drug-likeness (QED) is 0.601. The summed E-state index contributed by atoms with van der Waals surface area (Å²) in [4.78, 5) is 0. The molecule has 2 aromatic heterocycles. The first-order valence-electron chi connectivity index (χ1n) is 6.95. The van der Waals surface area contributed by atoms with Crippen LogP contribution in [0.25, 0.3) is 0 Å². The number of nitrogens with zero attached hydrogens (tertiary/aromatic N) is 3. The molecule has 0 spiro atoms. The van der Waals surface area contributed by atoms with Crippen LogP contribution < -0.4 is 0 Å². The van der Waals surface area contributed by atoms with Gasteiger partial charge in [0.1, 0.15) is 5.82 Å². The summed E-state index contributed by atoms with van der Waals surface area (Å²) in [5, 5.41) is 11.7. The van der Waals surface area contributed by atoms with E-state index in [1.807, 2.05) is 18.8 Å². The third-order valence-corrected chi connectivity index (χ3v) is 6.47. The zero-order valence-electron chi connectivity index (χ0n) is 12.5. The number of hydrogen-bond donors (Lipinski definition) is 0. The molecular formula is C16H17N3S3. The van der Waals surface area contributed by atoms with Gasteiger partial charge in [-0.05, 0) is 23.9 Å². The van der Waals surface area contributed by atoms with Crippen molar-refractivity contribution in [2.45, 2.75) is 27.8 Å². The Balaban J connectivity index is 1.59. The minimum absolute atomic E-state index is 0.856. The largest absolute Gasteiger partial charge is 0.308 e. The first kappa shape index (κ1) is 15.6. The monoisotopic (exact) mass is 347 g/mol.